The highest BCUT2D eigenvalue weighted by Gasteiger charge is 2.22. The fraction of sp³-hybridized carbons (Fsp3) is 0.263. The van der Waals surface area contributed by atoms with Crippen LogP contribution in [0.1, 0.15) is 22.7 Å². The molecule has 2 aromatic carbocycles. The smallest absolute Gasteiger partial charge is 0.320 e. The first-order valence-electron chi connectivity index (χ1n) is 8.07. The van der Waals surface area contributed by atoms with Gasteiger partial charge in [-0.25, -0.2) is 4.98 Å². The zero-order chi connectivity index (χ0) is 19.6. The number of rotatable bonds is 7. The van der Waals surface area contributed by atoms with E-state index >= 15 is 0 Å². The van der Waals surface area contributed by atoms with Gasteiger partial charge in [-0.2, -0.15) is 8.78 Å². The summed E-state index contributed by atoms with van der Waals surface area (Å²) in [5.74, 6) is 0.554. The Balaban J connectivity index is 2.01. The van der Waals surface area contributed by atoms with Crippen LogP contribution in [0, 0.1) is 0 Å². The summed E-state index contributed by atoms with van der Waals surface area (Å²) < 4.78 is 43.5. The van der Waals surface area contributed by atoms with Crippen molar-refractivity contribution in [3.05, 3.63) is 47.8 Å². The van der Waals surface area contributed by atoms with Crippen molar-refractivity contribution < 1.29 is 27.8 Å². The molecule has 1 heterocycles. The summed E-state index contributed by atoms with van der Waals surface area (Å²) in [4.78, 5) is 16.9. The van der Waals surface area contributed by atoms with Crippen molar-refractivity contribution in [1.82, 2.24) is 9.55 Å². The number of methoxy groups -OCH3 is 3. The topological polar surface area (TPSA) is 62.6 Å². The number of hydrogen-bond donors (Lipinski definition) is 0. The van der Waals surface area contributed by atoms with Crippen molar-refractivity contribution in [2.45, 2.75) is 13.0 Å². The molecule has 27 heavy (non-hydrogen) atoms. The number of ether oxygens (including phenoxy) is 3. The number of hydrogen-bond acceptors (Lipinski definition) is 5. The number of halogens is 2. The van der Waals surface area contributed by atoms with Crippen LogP contribution in [0.5, 0.6) is 17.2 Å². The lowest BCUT2D eigenvalue weighted by molar-refractivity contribution is 0.0708. The second kappa shape index (κ2) is 7.61. The summed E-state index contributed by atoms with van der Waals surface area (Å²) in [6.45, 7) is -2.81. The molecule has 0 bridgehead atoms. The number of aromatic nitrogens is 2. The first-order chi connectivity index (χ1) is 13.0. The molecule has 0 saturated carbocycles. The molecule has 3 aromatic rings. The molecule has 8 heteroatoms. The predicted molar refractivity (Wildman–Crippen MR) is 95.1 cm³/mol. The zero-order valence-electron chi connectivity index (χ0n) is 15.0. The molecule has 3 rings (SSSR count). The van der Waals surface area contributed by atoms with Crippen molar-refractivity contribution in [3.63, 3.8) is 0 Å². The van der Waals surface area contributed by atoms with Gasteiger partial charge < -0.3 is 14.2 Å². The third-order valence-corrected chi connectivity index (χ3v) is 4.17. The minimum atomic E-state index is -2.81. The van der Waals surface area contributed by atoms with E-state index in [2.05, 4.69) is 4.98 Å². The van der Waals surface area contributed by atoms with E-state index in [-0.39, 0.29) is 23.3 Å². The standard InChI is InChI=1S/C19H18F2N2O4/c1-25-15-8-11(9-16(26-2)18(15)27-3)14(24)10-17-22-12-6-4-5-7-13(12)23(17)19(20)21/h4-9,19H,10H2,1-3H3. The molecular formula is C19H18F2N2O4. The molecule has 1 aromatic heterocycles. The molecule has 0 aliphatic carbocycles. The number of carbonyl (C=O) groups excluding carboxylic acids is 1. The third kappa shape index (κ3) is 3.42. The molecule has 0 aliphatic heterocycles. The van der Waals surface area contributed by atoms with Crippen LogP contribution < -0.4 is 14.2 Å². The van der Waals surface area contributed by atoms with E-state index in [0.717, 1.165) is 4.57 Å². The molecule has 0 atom stereocenters. The SMILES string of the molecule is COc1cc(C(=O)Cc2nc3ccccc3n2C(F)F)cc(OC)c1OC. The minimum absolute atomic E-state index is 0.00930. The fourth-order valence-electron chi connectivity index (χ4n) is 2.92. The quantitative estimate of drug-likeness (QED) is 0.586. The van der Waals surface area contributed by atoms with Crippen molar-refractivity contribution >= 4 is 16.8 Å². The van der Waals surface area contributed by atoms with Gasteiger partial charge in [-0.05, 0) is 24.3 Å². The van der Waals surface area contributed by atoms with Gasteiger partial charge in [0, 0.05) is 5.56 Å². The predicted octanol–water partition coefficient (Wildman–Crippen LogP) is 3.88. The largest absolute Gasteiger partial charge is 0.493 e. The van der Waals surface area contributed by atoms with E-state index in [0.29, 0.717) is 22.8 Å². The highest BCUT2D eigenvalue weighted by molar-refractivity contribution is 5.98. The molecule has 0 fully saturated rings. The number of para-hydroxylation sites is 2. The number of ketones is 1. The van der Waals surface area contributed by atoms with Gasteiger partial charge in [-0.15, -0.1) is 0 Å². The summed E-state index contributed by atoms with van der Waals surface area (Å²) in [5, 5.41) is 0. The lowest BCUT2D eigenvalue weighted by Gasteiger charge is -2.14. The second-order valence-corrected chi connectivity index (χ2v) is 5.68. The molecule has 0 N–H and O–H groups in total. The number of Topliss-reactive ketones (excluding diaryl/α,β-unsaturated/α-hetero) is 1. The Labute approximate surface area is 154 Å². The Morgan fingerprint density at radius 1 is 1.07 bits per heavy atom. The minimum Gasteiger partial charge on any atom is -0.493 e. The van der Waals surface area contributed by atoms with Crippen molar-refractivity contribution in [2.24, 2.45) is 0 Å². The third-order valence-electron chi connectivity index (χ3n) is 4.17. The van der Waals surface area contributed by atoms with Crippen molar-refractivity contribution in [1.29, 1.82) is 0 Å². The number of alkyl halides is 2. The fourth-order valence-corrected chi connectivity index (χ4v) is 2.92. The molecule has 0 radical (unpaired) electrons. The Kier molecular flexibility index (Phi) is 5.25. The average Bonchev–Trinajstić information content (AvgIpc) is 3.04. The van der Waals surface area contributed by atoms with E-state index < -0.39 is 12.3 Å². The number of fused-ring (bicyclic) bond motifs is 1. The van der Waals surface area contributed by atoms with Gasteiger partial charge in [0.1, 0.15) is 5.82 Å². The molecule has 6 nitrogen and oxygen atoms in total. The Bertz CT molecular complexity index is 960. The number of benzene rings is 2. The van der Waals surface area contributed by atoms with Crippen LogP contribution in [0.15, 0.2) is 36.4 Å². The van der Waals surface area contributed by atoms with Crippen molar-refractivity contribution in [3.8, 4) is 17.2 Å². The van der Waals surface area contributed by atoms with Gasteiger partial charge in [0.05, 0.1) is 38.8 Å². The lowest BCUT2D eigenvalue weighted by Crippen LogP contribution is -2.11. The maximum atomic E-state index is 13.5. The Morgan fingerprint density at radius 3 is 2.26 bits per heavy atom. The van der Waals surface area contributed by atoms with E-state index in [9.17, 15) is 13.6 Å². The van der Waals surface area contributed by atoms with Crippen molar-refractivity contribution in [2.75, 3.05) is 21.3 Å². The van der Waals surface area contributed by atoms with Gasteiger partial charge >= 0.3 is 6.55 Å². The van der Waals surface area contributed by atoms with E-state index in [1.807, 2.05) is 0 Å². The monoisotopic (exact) mass is 376 g/mol. The van der Waals surface area contributed by atoms with E-state index in [4.69, 9.17) is 14.2 Å². The molecule has 0 amide bonds. The zero-order valence-corrected chi connectivity index (χ0v) is 15.0. The maximum absolute atomic E-state index is 13.5. The number of carbonyl (C=O) groups is 1. The van der Waals surface area contributed by atoms with E-state index in [1.54, 1.807) is 24.3 Å². The second-order valence-electron chi connectivity index (χ2n) is 5.68. The molecule has 0 aliphatic rings. The average molecular weight is 376 g/mol. The van der Waals surface area contributed by atoms with Gasteiger partial charge in [-0.3, -0.25) is 9.36 Å². The van der Waals surface area contributed by atoms with Gasteiger partial charge in [-0.1, -0.05) is 12.1 Å². The molecule has 0 spiro atoms. The van der Waals surface area contributed by atoms with Crippen LogP contribution in [-0.4, -0.2) is 36.7 Å². The lowest BCUT2D eigenvalue weighted by atomic mass is 10.1. The Hall–Kier alpha value is -3.16. The molecular weight excluding hydrogens is 358 g/mol. The van der Waals surface area contributed by atoms with Crippen LogP contribution in [-0.2, 0) is 6.42 Å². The maximum Gasteiger partial charge on any atom is 0.320 e. The molecule has 0 saturated heterocycles. The summed E-state index contributed by atoms with van der Waals surface area (Å²) in [7, 11) is 4.32. The van der Waals surface area contributed by atoms with Gasteiger partial charge in [0.2, 0.25) is 5.75 Å². The first-order valence-corrected chi connectivity index (χ1v) is 8.07. The van der Waals surface area contributed by atoms with Crippen LogP contribution in [0.4, 0.5) is 8.78 Å². The molecule has 142 valence electrons. The summed E-state index contributed by atoms with van der Waals surface area (Å²) >= 11 is 0. The Morgan fingerprint density at radius 2 is 1.70 bits per heavy atom. The summed E-state index contributed by atoms with van der Waals surface area (Å²) in [6, 6.07) is 9.49. The summed E-state index contributed by atoms with van der Waals surface area (Å²) in [5.41, 5.74) is 0.933. The first kappa shape index (κ1) is 18.6. The van der Waals surface area contributed by atoms with E-state index in [1.165, 1.54) is 33.5 Å². The normalized spacial score (nSPS) is 11.0. The highest BCUT2D eigenvalue weighted by atomic mass is 19.3. The van der Waals surface area contributed by atoms with Crippen LogP contribution in [0.2, 0.25) is 0 Å². The van der Waals surface area contributed by atoms with Crippen LogP contribution in [0.3, 0.4) is 0 Å². The number of nitrogens with zero attached hydrogens (tertiary/aromatic N) is 2. The number of imidazole rings is 1. The van der Waals surface area contributed by atoms with Gasteiger partial charge in [0.25, 0.3) is 0 Å². The van der Waals surface area contributed by atoms with Crippen LogP contribution >= 0.6 is 0 Å². The van der Waals surface area contributed by atoms with Gasteiger partial charge in [0.15, 0.2) is 17.3 Å². The highest BCUT2D eigenvalue weighted by Crippen LogP contribution is 2.38. The van der Waals surface area contributed by atoms with Crippen LogP contribution in [0.25, 0.3) is 11.0 Å². The molecule has 0 unspecified atom stereocenters. The summed E-state index contributed by atoms with van der Waals surface area (Å²) in [6.07, 6.45) is -0.294.